The molecule has 0 saturated heterocycles. The number of imidazole rings is 1. The summed E-state index contributed by atoms with van der Waals surface area (Å²) in [6.45, 7) is 6.55. The molecule has 0 atom stereocenters. The molecule has 43 heavy (non-hydrogen) atoms. The predicted octanol–water partition coefficient (Wildman–Crippen LogP) is 7.90. The van der Waals surface area contributed by atoms with Crippen molar-refractivity contribution in [1.82, 2.24) is 14.5 Å². The molecule has 0 aliphatic carbocycles. The van der Waals surface area contributed by atoms with Gasteiger partial charge in [0.2, 0.25) is 6.79 Å². The molecular formula is C37H39N3O3. The number of aromatic nitrogens is 2. The highest BCUT2D eigenvalue weighted by Gasteiger charge is 2.18. The van der Waals surface area contributed by atoms with Gasteiger partial charge in [0, 0.05) is 31.7 Å². The predicted molar refractivity (Wildman–Crippen MR) is 170 cm³/mol. The summed E-state index contributed by atoms with van der Waals surface area (Å²) in [5, 5.41) is 0. The summed E-state index contributed by atoms with van der Waals surface area (Å²) in [5.74, 6) is 3.56. The number of unbranched alkanes of at least 4 members (excludes halogenated alkanes) is 1. The van der Waals surface area contributed by atoms with E-state index in [1.54, 1.807) is 0 Å². The first-order valence-corrected chi connectivity index (χ1v) is 15.2. The average Bonchev–Trinajstić information content (AvgIpc) is 3.69. The van der Waals surface area contributed by atoms with Gasteiger partial charge in [0.1, 0.15) is 18.2 Å². The van der Waals surface area contributed by atoms with E-state index in [9.17, 15) is 0 Å². The fourth-order valence-corrected chi connectivity index (χ4v) is 5.44. The average molecular weight is 574 g/mol. The Bertz CT molecular complexity index is 1580. The van der Waals surface area contributed by atoms with E-state index in [1.807, 2.05) is 24.3 Å². The van der Waals surface area contributed by atoms with E-state index in [2.05, 4.69) is 101 Å². The zero-order valence-corrected chi connectivity index (χ0v) is 24.8. The Morgan fingerprint density at radius 2 is 1.53 bits per heavy atom. The van der Waals surface area contributed by atoms with Gasteiger partial charge in [-0.2, -0.15) is 0 Å². The Morgan fingerprint density at radius 3 is 2.33 bits per heavy atom. The number of hydrogen-bond donors (Lipinski definition) is 0. The molecule has 0 spiro atoms. The van der Waals surface area contributed by atoms with Gasteiger partial charge < -0.3 is 18.8 Å². The molecule has 0 N–H and O–H groups in total. The van der Waals surface area contributed by atoms with Crippen LogP contribution in [0, 0.1) is 0 Å². The lowest BCUT2D eigenvalue weighted by Crippen LogP contribution is -2.27. The molecule has 6 heteroatoms. The van der Waals surface area contributed by atoms with Crippen molar-refractivity contribution < 1.29 is 14.2 Å². The Morgan fingerprint density at radius 1 is 0.791 bits per heavy atom. The highest BCUT2D eigenvalue weighted by Crippen LogP contribution is 2.33. The van der Waals surface area contributed by atoms with Gasteiger partial charge in [0.15, 0.2) is 11.5 Å². The molecule has 6 rings (SSSR count). The SMILES string of the molecule is CCCCn1c(CN(CCc2ccc(OCc3ccccc3)cc2)Cc2ccc3c(c2)OCO3)cnc1-c1ccccc1. The summed E-state index contributed by atoms with van der Waals surface area (Å²) >= 11 is 0. The molecule has 0 unspecified atom stereocenters. The summed E-state index contributed by atoms with van der Waals surface area (Å²) < 4.78 is 19.6. The number of hydrogen-bond acceptors (Lipinski definition) is 5. The highest BCUT2D eigenvalue weighted by molar-refractivity contribution is 5.56. The van der Waals surface area contributed by atoms with Crippen molar-refractivity contribution in [3.05, 3.63) is 132 Å². The number of ether oxygens (including phenoxy) is 3. The molecule has 1 aliphatic heterocycles. The van der Waals surface area contributed by atoms with E-state index in [-0.39, 0.29) is 6.79 Å². The van der Waals surface area contributed by atoms with E-state index in [1.165, 1.54) is 22.4 Å². The van der Waals surface area contributed by atoms with Crippen LogP contribution >= 0.6 is 0 Å². The lowest BCUT2D eigenvalue weighted by molar-refractivity contribution is 0.174. The van der Waals surface area contributed by atoms with Crippen LogP contribution in [0.1, 0.15) is 42.1 Å². The minimum absolute atomic E-state index is 0.284. The van der Waals surface area contributed by atoms with Gasteiger partial charge in [-0.3, -0.25) is 4.90 Å². The molecule has 1 aromatic heterocycles. The highest BCUT2D eigenvalue weighted by atomic mass is 16.7. The topological polar surface area (TPSA) is 48.8 Å². The van der Waals surface area contributed by atoms with Gasteiger partial charge in [-0.25, -0.2) is 4.98 Å². The molecule has 2 heterocycles. The second-order valence-electron chi connectivity index (χ2n) is 11.0. The van der Waals surface area contributed by atoms with Gasteiger partial charge in [-0.1, -0.05) is 92.2 Å². The first-order valence-electron chi connectivity index (χ1n) is 15.2. The molecule has 0 radical (unpaired) electrons. The van der Waals surface area contributed by atoms with Gasteiger partial charge in [0.05, 0.1) is 11.9 Å². The van der Waals surface area contributed by atoms with Crippen LogP contribution < -0.4 is 14.2 Å². The summed E-state index contributed by atoms with van der Waals surface area (Å²) in [5.41, 5.74) is 6.04. The van der Waals surface area contributed by atoms with Crippen molar-refractivity contribution in [2.75, 3.05) is 13.3 Å². The van der Waals surface area contributed by atoms with Gasteiger partial charge in [0.25, 0.3) is 0 Å². The Hall–Kier alpha value is -4.55. The van der Waals surface area contributed by atoms with Crippen LogP contribution in [-0.2, 0) is 32.7 Å². The fraction of sp³-hybridized carbons (Fsp3) is 0.270. The smallest absolute Gasteiger partial charge is 0.231 e. The molecule has 0 bridgehead atoms. The molecule has 1 aliphatic rings. The van der Waals surface area contributed by atoms with Crippen LogP contribution in [0.3, 0.4) is 0 Å². The van der Waals surface area contributed by atoms with Crippen LogP contribution in [0.5, 0.6) is 17.2 Å². The quantitative estimate of drug-likeness (QED) is 0.135. The van der Waals surface area contributed by atoms with Crippen molar-refractivity contribution in [1.29, 1.82) is 0 Å². The molecule has 0 fully saturated rings. The second kappa shape index (κ2) is 14.1. The van der Waals surface area contributed by atoms with Crippen LogP contribution in [0.2, 0.25) is 0 Å². The zero-order chi connectivity index (χ0) is 29.3. The maximum atomic E-state index is 6.01. The van der Waals surface area contributed by atoms with E-state index in [0.717, 1.165) is 74.1 Å². The molecule has 6 nitrogen and oxygen atoms in total. The Kier molecular flexibility index (Phi) is 9.35. The van der Waals surface area contributed by atoms with Crippen LogP contribution in [0.15, 0.2) is 109 Å². The minimum Gasteiger partial charge on any atom is -0.489 e. The van der Waals surface area contributed by atoms with E-state index in [4.69, 9.17) is 19.2 Å². The summed E-state index contributed by atoms with van der Waals surface area (Å²) in [4.78, 5) is 7.41. The Labute approximate surface area is 254 Å². The standard InChI is InChI=1S/C37H39N3O3/c1-2-3-21-40-33(24-38-37(40)32-12-8-5-9-13-32)26-39(25-31-16-19-35-36(23-31)43-28-42-35)22-20-29-14-17-34(18-15-29)41-27-30-10-6-4-7-11-30/h4-19,23-24H,2-3,20-22,25-28H2,1H3. The van der Waals surface area contributed by atoms with E-state index >= 15 is 0 Å². The lowest BCUT2D eigenvalue weighted by Gasteiger charge is -2.24. The number of rotatable bonds is 14. The Balaban J connectivity index is 1.18. The largest absolute Gasteiger partial charge is 0.489 e. The molecule has 0 saturated carbocycles. The van der Waals surface area contributed by atoms with E-state index < -0.39 is 0 Å². The summed E-state index contributed by atoms with van der Waals surface area (Å²) in [6, 6.07) is 35.5. The van der Waals surface area contributed by atoms with Gasteiger partial charge >= 0.3 is 0 Å². The molecule has 0 amide bonds. The van der Waals surface area contributed by atoms with Crippen molar-refractivity contribution in [3.8, 4) is 28.6 Å². The monoisotopic (exact) mass is 573 g/mol. The maximum absolute atomic E-state index is 6.01. The minimum atomic E-state index is 0.284. The van der Waals surface area contributed by atoms with Gasteiger partial charge in [-0.15, -0.1) is 0 Å². The molecule has 220 valence electrons. The molecule has 5 aromatic rings. The third-order valence-corrected chi connectivity index (χ3v) is 7.82. The third-order valence-electron chi connectivity index (χ3n) is 7.82. The second-order valence-corrected chi connectivity index (χ2v) is 11.0. The van der Waals surface area contributed by atoms with Crippen molar-refractivity contribution in [3.63, 3.8) is 0 Å². The van der Waals surface area contributed by atoms with Gasteiger partial charge in [-0.05, 0) is 53.8 Å². The first kappa shape index (κ1) is 28.6. The third kappa shape index (κ3) is 7.46. The fourth-order valence-electron chi connectivity index (χ4n) is 5.44. The molecule has 4 aromatic carbocycles. The summed E-state index contributed by atoms with van der Waals surface area (Å²) in [7, 11) is 0. The first-order chi connectivity index (χ1) is 21.2. The van der Waals surface area contributed by atoms with Crippen LogP contribution in [-0.4, -0.2) is 27.8 Å². The number of nitrogens with zero attached hydrogens (tertiary/aromatic N) is 3. The van der Waals surface area contributed by atoms with Crippen LogP contribution in [0.4, 0.5) is 0 Å². The lowest BCUT2D eigenvalue weighted by atomic mass is 10.1. The zero-order valence-electron chi connectivity index (χ0n) is 24.8. The summed E-state index contributed by atoms with van der Waals surface area (Å²) in [6.07, 6.45) is 5.24. The molecular weight excluding hydrogens is 534 g/mol. The van der Waals surface area contributed by atoms with Crippen molar-refractivity contribution in [2.24, 2.45) is 0 Å². The van der Waals surface area contributed by atoms with Crippen molar-refractivity contribution in [2.45, 2.75) is 52.4 Å². The maximum Gasteiger partial charge on any atom is 0.231 e. The van der Waals surface area contributed by atoms with E-state index in [0.29, 0.717) is 6.61 Å². The number of benzene rings is 4. The number of fused-ring (bicyclic) bond motifs is 1. The van der Waals surface area contributed by atoms with Crippen LogP contribution in [0.25, 0.3) is 11.4 Å². The normalized spacial score (nSPS) is 12.1. The van der Waals surface area contributed by atoms with Crippen molar-refractivity contribution >= 4 is 0 Å².